The molecule has 0 aliphatic heterocycles. The molecule has 1 saturated carbocycles. The second-order valence-electron chi connectivity index (χ2n) is 9.61. The topological polar surface area (TPSA) is 56.1 Å². The molecule has 0 spiro atoms. The lowest BCUT2D eigenvalue weighted by atomic mass is 9.77. The Hall–Kier alpha value is -3.36. The van der Waals surface area contributed by atoms with Crippen LogP contribution in [0.25, 0.3) is 0 Å². The summed E-state index contributed by atoms with van der Waals surface area (Å²) in [6, 6.07) is 4.21. The Balaban J connectivity index is 1.80. The van der Waals surface area contributed by atoms with E-state index < -0.39 is 53.4 Å². The van der Waals surface area contributed by atoms with E-state index in [2.05, 4.69) is 15.4 Å². The molecule has 1 fully saturated rings. The van der Waals surface area contributed by atoms with Crippen LogP contribution in [0.3, 0.4) is 0 Å². The zero-order valence-electron chi connectivity index (χ0n) is 21.2. The van der Waals surface area contributed by atoms with Gasteiger partial charge in [-0.05, 0) is 71.0 Å². The van der Waals surface area contributed by atoms with Crippen LogP contribution in [0.5, 0.6) is 0 Å². The normalized spacial score (nSPS) is 15.7. The van der Waals surface area contributed by atoms with Crippen LogP contribution in [0.2, 0.25) is 0 Å². The minimum absolute atomic E-state index is 0.00112. The molecule has 0 unspecified atom stereocenters. The van der Waals surface area contributed by atoms with Crippen molar-refractivity contribution in [2.24, 2.45) is 13.0 Å². The molecule has 2 aromatic carbocycles. The molecule has 218 valence electrons. The molecule has 15 heteroatoms. The molecule has 1 aromatic heterocycles. The Kier molecular flexibility index (Phi) is 8.07. The largest absolute Gasteiger partial charge is 0.416 e. The zero-order valence-corrected chi connectivity index (χ0v) is 21.2. The van der Waals surface area contributed by atoms with Crippen molar-refractivity contribution < 1.29 is 44.3 Å². The number of methoxy groups -OCH3 is 1. The van der Waals surface area contributed by atoms with E-state index in [0.29, 0.717) is 17.7 Å². The first kappa shape index (κ1) is 29.6. The molecule has 0 N–H and O–H groups in total. The molecule has 0 amide bonds. The summed E-state index contributed by atoms with van der Waals surface area (Å²) in [7, 11) is 2.81. The van der Waals surface area contributed by atoms with Crippen LogP contribution in [0.1, 0.15) is 58.7 Å². The lowest BCUT2D eigenvalue weighted by Crippen LogP contribution is -2.28. The van der Waals surface area contributed by atoms with Crippen molar-refractivity contribution in [2.45, 2.75) is 57.0 Å². The van der Waals surface area contributed by atoms with E-state index in [-0.39, 0.29) is 30.0 Å². The third kappa shape index (κ3) is 6.67. The van der Waals surface area contributed by atoms with Crippen LogP contribution < -0.4 is 4.90 Å². The summed E-state index contributed by atoms with van der Waals surface area (Å²) in [5, 5.41) is 11.5. The lowest BCUT2D eigenvalue weighted by Gasteiger charge is -2.35. The van der Waals surface area contributed by atoms with Crippen molar-refractivity contribution in [3.05, 3.63) is 69.8 Å². The fourth-order valence-corrected chi connectivity index (χ4v) is 4.65. The van der Waals surface area contributed by atoms with Crippen LogP contribution in [0.4, 0.5) is 45.5 Å². The fraction of sp³-hybridized carbons (Fsp3) is 0.480. The van der Waals surface area contributed by atoms with Crippen molar-refractivity contribution in [1.29, 1.82) is 0 Å². The van der Waals surface area contributed by atoms with Gasteiger partial charge in [-0.3, -0.25) is 0 Å². The van der Waals surface area contributed by atoms with Gasteiger partial charge in [0.1, 0.15) is 0 Å². The number of aryl methyl sites for hydroxylation is 1. The number of halogens is 9. The number of benzene rings is 2. The summed E-state index contributed by atoms with van der Waals surface area (Å²) in [6.45, 7) is -0.968. The van der Waals surface area contributed by atoms with Gasteiger partial charge in [0.15, 0.2) is 0 Å². The number of ether oxygens (including phenoxy) is 1. The lowest BCUT2D eigenvalue weighted by molar-refractivity contribution is -0.143. The van der Waals surface area contributed by atoms with Gasteiger partial charge in [-0.2, -0.15) is 44.3 Å². The molecule has 4 rings (SSSR count). The molecule has 1 aliphatic carbocycles. The monoisotopic (exact) mass is 581 g/mol. The Labute approximate surface area is 222 Å². The number of anilines is 1. The van der Waals surface area contributed by atoms with Gasteiger partial charge >= 0.3 is 18.5 Å². The number of hydrogen-bond acceptors (Lipinski definition) is 5. The molecule has 0 radical (unpaired) electrons. The van der Waals surface area contributed by atoms with E-state index in [1.165, 1.54) is 25.1 Å². The smallest absolute Gasteiger partial charge is 0.376 e. The van der Waals surface area contributed by atoms with Gasteiger partial charge in [0.25, 0.3) is 5.95 Å². The summed E-state index contributed by atoms with van der Waals surface area (Å²) < 4.78 is 127. The van der Waals surface area contributed by atoms with E-state index in [9.17, 15) is 39.5 Å². The second-order valence-corrected chi connectivity index (χ2v) is 9.61. The predicted molar refractivity (Wildman–Crippen MR) is 124 cm³/mol. The average Bonchev–Trinajstić information content (AvgIpc) is 3.25. The number of alkyl halides is 9. The zero-order chi connectivity index (χ0) is 29.5. The first-order valence-electron chi connectivity index (χ1n) is 12.1. The maximum absolute atomic E-state index is 13.6. The summed E-state index contributed by atoms with van der Waals surface area (Å²) >= 11 is 0. The number of nitrogens with zero attached hydrogens (tertiary/aromatic N) is 5. The molecule has 0 bridgehead atoms. The van der Waals surface area contributed by atoms with Gasteiger partial charge < -0.3 is 9.64 Å². The van der Waals surface area contributed by atoms with Gasteiger partial charge in [-0.25, -0.2) is 0 Å². The minimum atomic E-state index is -5.08. The first-order valence-corrected chi connectivity index (χ1v) is 12.1. The maximum Gasteiger partial charge on any atom is 0.416 e. The highest BCUT2D eigenvalue weighted by Gasteiger charge is 2.38. The highest BCUT2D eigenvalue weighted by atomic mass is 19.4. The van der Waals surface area contributed by atoms with Crippen molar-refractivity contribution in [1.82, 2.24) is 20.2 Å². The quantitative estimate of drug-likeness (QED) is 0.269. The van der Waals surface area contributed by atoms with E-state index in [0.717, 1.165) is 36.2 Å². The van der Waals surface area contributed by atoms with Crippen LogP contribution >= 0.6 is 0 Å². The standard InChI is InChI=1S/C25H24F9N5O/c1-38-36-22(35-37-38)39(12-14-8-18(24(29,30)31)11-19(9-14)25(32,33)34)13-16-10-17(23(26,27)28)6-7-20(16)21(40-2)15-4-3-5-15/h6-11,15,21H,3-5,12-13H2,1-2H3/t21-/m0/s1. The highest BCUT2D eigenvalue weighted by Crippen LogP contribution is 2.43. The summed E-state index contributed by atoms with van der Waals surface area (Å²) in [4.78, 5) is 2.18. The van der Waals surface area contributed by atoms with E-state index in [4.69, 9.17) is 4.74 Å². The average molecular weight is 581 g/mol. The summed E-state index contributed by atoms with van der Waals surface area (Å²) in [5.74, 6) is -0.157. The van der Waals surface area contributed by atoms with Crippen molar-refractivity contribution in [2.75, 3.05) is 12.0 Å². The van der Waals surface area contributed by atoms with Gasteiger partial charge in [-0.15, -0.1) is 5.10 Å². The number of tetrazole rings is 1. The van der Waals surface area contributed by atoms with E-state index in [1.54, 1.807) is 0 Å². The Morgan fingerprint density at radius 1 is 0.875 bits per heavy atom. The van der Waals surface area contributed by atoms with E-state index >= 15 is 0 Å². The maximum atomic E-state index is 13.6. The summed E-state index contributed by atoms with van der Waals surface area (Å²) in [5.41, 5.74) is -3.87. The summed E-state index contributed by atoms with van der Waals surface area (Å²) in [6.07, 6.45) is -12.9. The Morgan fingerprint density at radius 2 is 1.48 bits per heavy atom. The molecular formula is C25H24F9N5O. The Morgan fingerprint density at radius 3 is 1.93 bits per heavy atom. The molecule has 3 aromatic rings. The number of aromatic nitrogens is 4. The molecule has 1 heterocycles. The van der Waals surface area contributed by atoms with Crippen molar-refractivity contribution in [3.63, 3.8) is 0 Å². The first-order chi connectivity index (χ1) is 18.6. The van der Waals surface area contributed by atoms with Crippen molar-refractivity contribution in [3.8, 4) is 0 Å². The van der Waals surface area contributed by atoms with Crippen LogP contribution in [0, 0.1) is 5.92 Å². The Bertz CT molecular complexity index is 1300. The third-order valence-corrected chi connectivity index (χ3v) is 6.77. The van der Waals surface area contributed by atoms with Gasteiger partial charge in [-0.1, -0.05) is 17.6 Å². The molecular weight excluding hydrogens is 557 g/mol. The molecule has 0 saturated heterocycles. The van der Waals surface area contributed by atoms with E-state index in [1.807, 2.05) is 0 Å². The molecule has 1 aliphatic rings. The minimum Gasteiger partial charge on any atom is -0.376 e. The number of rotatable bonds is 8. The third-order valence-electron chi connectivity index (χ3n) is 6.77. The van der Waals surface area contributed by atoms with Crippen LogP contribution in [0.15, 0.2) is 36.4 Å². The van der Waals surface area contributed by atoms with Crippen LogP contribution in [-0.2, 0) is 43.4 Å². The van der Waals surface area contributed by atoms with Gasteiger partial charge in [0.2, 0.25) is 0 Å². The highest BCUT2D eigenvalue weighted by molar-refractivity contribution is 5.42. The van der Waals surface area contributed by atoms with Crippen LogP contribution in [-0.4, -0.2) is 27.3 Å². The molecule has 1 atom stereocenters. The van der Waals surface area contributed by atoms with Gasteiger partial charge in [0, 0.05) is 20.2 Å². The molecule has 6 nitrogen and oxygen atoms in total. The van der Waals surface area contributed by atoms with Gasteiger partial charge in [0.05, 0.1) is 29.8 Å². The SMILES string of the molecule is CO[C@H](c1ccc(C(F)(F)F)cc1CN(Cc1cc(C(F)(F)F)cc(C(F)(F)F)c1)c1nnn(C)n1)C1CCC1. The molecule has 40 heavy (non-hydrogen) atoms. The van der Waals surface area contributed by atoms with Crippen molar-refractivity contribution >= 4 is 5.95 Å². The second kappa shape index (κ2) is 10.9. The number of hydrogen-bond donors (Lipinski definition) is 0. The predicted octanol–water partition coefficient (Wildman–Crippen LogP) is 6.96. The fourth-order valence-electron chi connectivity index (χ4n) is 4.65.